The molecule has 13 heteroatoms. The highest BCUT2D eigenvalue weighted by molar-refractivity contribution is 6.38. The van der Waals surface area contributed by atoms with Crippen LogP contribution in [0.1, 0.15) is 84.6 Å². The third-order valence-electron chi connectivity index (χ3n) is 8.32. The summed E-state index contributed by atoms with van der Waals surface area (Å²) in [6, 6.07) is -0.499. The third-order valence-corrected chi connectivity index (χ3v) is 8.32. The standard InChI is InChI=1S/C30H43F2N5O6/c1-28(2,3)23(36-27(42)43)26(41)37-18-30(11-6-5-7-12-30)16-21(37)24(39)35-20(8-13-29(4,31)32)22(38)25(40)34-17-19-9-14-33-15-10-19/h9-10,14-15,20-21,23,36H,5-8,11-13,16-18H2,1-4H3,(H,34,40)(H,35,39)(H,42,43)/t20-,21-,23+/m0/s1. The zero-order chi connectivity index (χ0) is 32.0. The van der Waals surface area contributed by atoms with Gasteiger partial charge in [-0.15, -0.1) is 0 Å². The summed E-state index contributed by atoms with van der Waals surface area (Å²) in [5.74, 6) is -6.58. The highest BCUT2D eigenvalue weighted by Gasteiger charge is 2.51. The summed E-state index contributed by atoms with van der Waals surface area (Å²) in [4.78, 5) is 70.4. The number of carbonyl (C=O) groups is 5. The molecular formula is C30H43F2N5O6. The summed E-state index contributed by atoms with van der Waals surface area (Å²) in [5, 5.41) is 16.7. The van der Waals surface area contributed by atoms with Gasteiger partial charge in [-0.3, -0.25) is 24.2 Å². The van der Waals surface area contributed by atoms with Crippen molar-refractivity contribution in [3.05, 3.63) is 30.1 Å². The Morgan fingerprint density at radius 1 is 1.05 bits per heavy atom. The number of aromatic nitrogens is 1. The lowest BCUT2D eigenvalue weighted by Gasteiger charge is -2.36. The van der Waals surface area contributed by atoms with Gasteiger partial charge in [-0.05, 0) is 61.1 Å². The van der Waals surface area contributed by atoms with Crippen molar-refractivity contribution in [2.75, 3.05) is 6.54 Å². The fourth-order valence-electron chi connectivity index (χ4n) is 5.99. The van der Waals surface area contributed by atoms with Gasteiger partial charge in [0.05, 0.1) is 6.04 Å². The molecule has 4 N–H and O–H groups in total. The molecule has 1 aliphatic heterocycles. The first-order valence-electron chi connectivity index (χ1n) is 14.7. The lowest BCUT2D eigenvalue weighted by molar-refractivity contribution is -0.144. The summed E-state index contributed by atoms with van der Waals surface area (Å²) in [6.07, 6.45) is 5.07. The fraction of sp³-hybridized carbons (Fsp3) is 0.667. The number of pyridine rings is 1. The van der Waals surface area contributed by atoms with Crippen LogP contribution in [0.4, 0.5) is 13.6 Å². The first kappa shape index (κ1) is 33.9. The summed E-state index contributed by atoms with van der Waals surface area (Å²) in [6.45, 7) is 6.03. The van der Waals surface area contributed by atoms with E-state index in [1.54, 1.807) is 32.9 Å². The molecule has 1 saturated carbocycles. The number of hydrogen-bond acceptors (Lipinski definition) is 6. The van der Waals surface area contributed by atoms with Crippen molar-refractivity contribution < 1.29 is 37.9 Å². The van der Waals surface area contributed by atoms with Crippen LogP contribution in [0.3, 0.4) is 0 Å². The predicted molar refractivity (Wildman–Crippen MR) is 153 cm³/mol. The minimum atomic E-state index is -3.15. The average Bonchev–Trinajstić information content (AvgIpc) is 3.30. The van der Waals surface area contributed by atoms with Gasteiger partial charge in [0.25, 0.3) is 5.91 Å². The summed E-state index contributed by atoms with van der Waals surface area (Å²) in [7, 11) is 0. The summed E-state index contributed by atoms with van der Waals surface area (Å²) >= 11 is 0. The Morgan fingerprint density at radius 3 is 2.23 bits per heavy atom. The maximum Gasteiger partial charge on any atom is 0.405 e. The van der Waals surface area contributed by atoms with Crippen molar-refractivity contribution in [3.8, 4) is 0 Å². The normalized spacial score (nSPS) is 19.8. The van der Waals surface area contributed by atoms with Gasteiger partial charge in [0, 0.05) is 31.9 Å². The van der Waals surface area contributed by atoms with E-state index in [-0.39, 0.29) is 24.9 Å². The molecule has 4 amide bonds. The molecule has 0 unspecified atom stereocenters. The summed E-state index contributed by atoms with van der Waals surface area (Å²) in [5.41, 5.74) is -0.519. The van der Waals surface area contributed by atoms with E-state index in [2.05, 4.69) is 20.9 Å². The maximum absolute atomic E-state index is 13.9. The van der Waals surface area contributed by atoms with Crippen molar-refractivity contribution in [3.63, 3.8) is 0 Å². The minimum Gasteiger partial charge on any atom is -0.465 e. The molecule has 3 rings (SSSR count). The molecule has 1 aromatic rings. The molecule has 2 aliphatic rings. The molecule has 1 saturated heterocycles. The van der Waals surface area contributed by atoms with Crippen molar-refractivity contribution >= 4 is 29.6 Å². The van der Waals surface area contributed by atoms with Crippen molar-refractivity contribution in [1.82, 2.24) is 25.8 Å². The Balaban J connectivity index is 1.85. The second-order valence-corrected chi connectivity index (χ2v) is 13.1. The maximum atomic E-state index is 13.9. The van der Waals surface area contributed by atoms with Crippen LogP contribution in [0.25, 0.3) is 0 Å². The fourth-order valence-corrected chi connectivity index (χ4v) is 5.99. The Morgan fingerprint density at radius 2 is 1.67 bits per heavy atom. The molecule has 2 heterocycles. The van der Waals surface area contributed by atoms with Crippen LogP contribution in [0.15, 0.2) is 24.5 Å². The molecular weight excluding hydrogens is 564 g/mol. The molecule has 238 valence electrons. The third kappa shape index (κ3) is 9.42. The number of nitrogens with zero attached hydrogens (tertiary/aromatic N) is 2. The molecule has 1 aromatic heterocycles. The van der Waals surface area contributed by atoms with Gasteiger partial charge in [0.15, 0.2) is 0 Å². The van der Waals surface area contributed by atoms with Crippen LogP contribution in [0.5, 0.6) is 0 Å². The van der Waals surface area contributed by atoms with E-state index in [0.29, 0.717) is 12.5 Å². The quantitative estimate of drug-likeness (QED) is 0.281. The lowest BCUT2D eigenvalue weighted by atomic mass is 9.72. The monoisotopic (exact) mass is 607 g/mol. The molecule has 0 radical (unpaired) electrons. The number of Topliss-reactive ketones (excluding diaryl/α,β-unsaturated/α-hetero) is 1. The lowest BCUT2D eigenvalue weighted by Crippen LogP contribution is -2.59. The van der Waals surface area contributed by atoms with Crippen molar-refractivity contribution in [1.29, 1.82) is 0 Å². The van der Waals surface area contributed by atoms with E-state index >= 15 is 0 Å². The summed E-state index contributed by atoms with van der Waals surface area (Å²) < 4.78 is 27.7. The van der Waals surface area contributed by atoms with E-state index < -0.39 is 71.9 Å². The molecule has 43 heavy (non-hydrogen) atoms. The predicted octanol–water partition coefficient (Wildman–Crippen LogP) is 3.42. The van der Waals surface area contributed by atoms with E-state index in [4.69, 9.17) is 0 Å². The van der Waals surface area contributed by atoms with Crippen LogP contribution in [0, 0.1) is 10.8 Å². The van der Waals surface area contributed by atoms with Gasteiger partial charge in [0.1, 0.15) is 12.1 Å². The molecule has 2 fully saturated rings. The molecule has 3 atom stereocenters. The highest BCUT2D eigenvalue weighted by Crippen LogP contribution is 2.47. The number of ketones is 1. The number of alkyl halides is 2. The molecule has 1 spiro atoms. The Bertz CT molecular complexity index is 1180. The number of likely N-dealkylation sites (tertiary alicyclic amines) is 1. The number of nitrogens with one attached hydrogen (secondary N) is 3. The Kier molecular flexibility index (Phi) is 10.8. The number of halogens is 2. The molecule has 0 bridgehead atoms. The van der Waals surface area contributed by atoms with Gasteiger partial charge in [0.2, 0.25) is 23.5 Å². The molecule has 1 aliphatic carbocycles. The van der Waals surface area contributed by atoms with Crippen molar-refractivity contribution in [2.24, 2.45) is 10.8 Å². The van der Waals surface area contributed by atoms with Crippen LogP contribution >= 0.6 is 0 Å². The Labute approximate surface area is 250 Å². The van der Waals surface area contributed by atoms with E-state index in [1.165, 1.54) is 17.3 Å². The minimum absolute atomic E-state index is 0.00408. The number of rotatable bonds is 11. The van der Waals surface area contributed by atoms with Gasteiger partial charge in [-0.1, -0.05) is 40.0 Å². The van der Waals surface area contributed by atoms with E-state index in [1.807, 2.05) is 0 Å². The number of amides is 4. The number of carboxylic acid groups (broad SMARTS) is 1. The highest BCUT2D eigenvalue weighted by atomic mass is 19.3. The van der Waals surface area contributed by atoms with Gasteiger partial charge in [-0.25, -0.2) is 13.6 Å². The first-order valence-corrected chi connectivity index (χ1v) is 14.7. The zero-order valence-electron chi connectivity index (χ0n) is 25.3. The largest absolute Gasteiger partial charge is 0.465 e. The topological polar surface area (TPSA) is 158 Å². The van der Waals surface area contributed by atoms with Crippen LogP contribution in [-0.4, -0.2) is 75.2 Å². The number of carbonyl (C=O) groups excluding carboxylic acids is 4. The smallest absolute Gasteiger partial charge is 0.405 e. The van der Waals surface area contributed by atoms with Gasteiger partial charge >= 0.3 is 6.09 Å². The van der Waals surface area contributed by atoms with Gasteiger partial charge < -0.3 is 26.0 Å². The van der Waals surface area contributed by atoms with Crippen molar-refractivity contribution in [2.45, 2.75) is 110 Å². The first-order chi connectivity index (χ1) is 20.0. The second-order valence-electron chi connectivity index (χ2n) is 13.1. The second kappa shape index (κ2) is 13.8. The Hall–Kier alpha value is -3.64. The van der Waals surface area contributed by atoms with E-state index in [9.17, 15) is 37.9 Å². The van der Waals surface area contributed by atoms with Gasteiger partial charge in [-0.2, -0.15) is 0 Å². The SMILES string of the molecule is CC(F)(F)CC[C@H](NC(=O)[C@@H]1CC2(CCCCC2)CN1C(=O)[C@@H](NC(=O)O)C(C)(C)C)C(=O)C(=O)NCc1ccncc1. The molecule has 11 nitrogen and oxygen atoms in total. The van der Waals surface area contributed by atoms with Crippen LogP contribution in [0.2, 0.25) is 0 Å². The van der Waals surface area contributed by atoms with Crippen LogP contribution < -0.4 is 16.0 Å². The molecule has 0 aromatic carbocycles. The average molecular weight is 608 g/mol. The zero-order valence-corrected chi connectivity index (χ0v) is 25.3. The van der Waals surface area contributed by atoms with E-state index in [0.717, 1.165) is 32.1 Å². The van der Waals surface area contributed by atoms with Crippen LogP contribution in [-0.2, 0) is 25.7 Å². The number of hydrogen-bond donors (Lipinski definition) is 4.